The van der Waals surface area contributed by atoms with E-state index in [2.05, 4.69) is 11.8 Å². The van der Waals surface area contributed by atoms with Gasteiger partial charge in [0.15, 0.2) is 0 Å². The molecule has 1 aliphatic heterocycles. The third-order valence-electron chi connectivity index (χ3n) is 2.93. The normalized spacial score (nSPS) is 25.8. The first-order chi connectivity index (χ1) is 6.33. The zero-order chi connectivity index (χ0) is 9.52. The predicted octanol–water partition coefficient (Wildman–Crippen LogP) is 2.14. The van der Waals surface area contributed by atoms with Crippen molar-refractivity contribution in [3.05, 3.63) is 0 Å². The van der Waals surface area contributed by atoms with E-state index in [9.17, 15) is 0 Å². The van der Waals surface area contributed by atoms with Gasteiger partial charge in [-0.1, -0.05) is 6.92 Å². The standard InChI is InChI=1S/C11H23NO/c1-11-5-3-7-12(9-6-11)8-4-10-13-2/h11H,3-10H2,1-2H3/t11-/m0/s1. The van der Waals surface area contributed by atoms with Gasteiger partial charge in [0, 0.05) is 20.3 Å². The van der Waals surface area contributed by atoms with Gasteiger partial charge in [-0.15, -0.1) is 0 Å². The van der Waals surface area contributed by atoms with Gasteiger partial charge in [-0.3, -0.25) is 0 Å². The largest absolute Gasteiger partial charge is 0.385 e. The molecule has 1 saturated heterocycles. The summed E-state index contributed by atoms with van der Waals surface area (Å²) in [5.41, 5.74) is 0. The Hall–Kier alpha value is -0.0800. The topological polar surface area (TPSA) is 12.5 Å². The summed E-state index contributed by atoms with van der Waals surface area (Å²) in [6, 6.07) is 0. The van der Waals surface area contributed by atoms with E-state index >= 15 is 0 Å². The third-order valence-corrected chi connectivity index (χ3v) is 2.93. The van der Waals surface area contributed by atoms with Crippen LogP contribution in [0.5, 0.6) is 0 Å². The Labute approximate surface area is 82.3 Å². The van der Waals surface area contributed by atoms with E-state index in [0.29, 0.717) is 0 Å². The molecule has 0 unspecified atom stereocenters. The van der Waals surface area contributed by atoms with Crippen molar-refractivity contribution >= 4 is 0 Å². The van der Waals surface area contributed by atoms with Crippen molar-refractivity contribution in [3.63, 3.8) is 0 Å². The maximum absolute atomic E-state index is 5.06. The molecule has 1 rings (SSSR count). The molecule has 2 heteroatoms. The van der Waals surface area contributed by atoms with Crippen LogP contribution in [0, 0.1) is 5.92 Å². The minimum absolute atomic E-state index is 0.909. The predicted molar refractivity (Wildman–Crippen MR) is 55.9 cm³/mol. The highest BCUT2D eigenvalue weighted by atomic mass is 16.5. The molecule has 0 bridgehead atoms. The molecule has 1 atom stereocenters. The fraction of sp³-hybridized carbons (Fsp3) is 1.00. The molecule has 0 aromatic rings. The molecular weight excluding hydrogens is 162 g/mol. The summed E-state index contributed by atoms with van der Waals surface area (Å²) in [6.07, 6.45) is 5.37. The first-order valence-electron chi connectivity index (χ1n) is 5.54. The summed E-state index contributed by atoms with van der Waals surface area (Å²) < 4.78 is 5.06. The molecule has 0 radical (unpaired) electrons. The van der Waals surface area contributed by atoms with Gasteiger partial charge in [-0.05, 0) is 44.7 Å². The highest BCUT2D eigenvalue weighted by Crippen LogP contribution is 2.16. The molecule has 1 fully saturated rings. The van der Waals surface area contributed by atoms with Gasteiger partial charge in [0.2, 0.25) is 0 Å². The number of rotatable bonds is 4. The van der Waals surface area contributed by atoms with Crippen molar-refractivity contribution in [2.75, 3.05) is 33.4 Å². The van der Waals surface area contributed by atoms with Crippen LogP contribution in [0.25, 0.3) is 0 Å². The Morgan fingerprint density at radius 3 is 2.92 bits per heavy atom. The van der Waals surface area contributed by atoms with Crippen molar-refractivity contribution in [3.8, 4) is 0 Å². The number of hydrogen-bond donors (Lipinski definition) is 0. The highest BCUT2D eigenvalue weighted by Gasteiger charge is 2.12. The molecule has 13 heavy (non-hydrogen) atoms. The summed E-state index contributed by atoms with van der Waals surface area (Å²) in [6.45, 7) is 7.10. The van der Waals surface area contributed by atoms with Gasteiger partial charge >= 0.3 is 0 Å². The smallest absolute Gasteiger partial charge is 0.0474 e. The van der Waals surface area contributed by atoms with Crippen LogP contribution in [-0.2, 0) is 4.74 Å². The SMILES string of the molecule is COCCCN1CCC[C@H](C)CC1. The third kappa shape index (κ3) is 4.63. The summed E-state index contributed by atoms with van der Waals surface area (Å²) >= 11 is 0. The van der Waals surface area contributed by atoms with Crippen molar-refractivity contribution < 1.29 is 4.74 Å². The molecular formula is C11H23NO. The van der Waals surface area contributed by atoms with Crippen LogP contribution in [0.15, 0.2) is 0 Å². The minimum Gasteiger partial charge on any atom is -0.385 e. The summed E-state index contributed by atoms with van der Waals surface area (Å²) in [5, 5.41) is 0. The zero-order valence-electron chi connectivity index (χ0n) is 9.09. The van der Waals surface area contributed by atoms with Crippen molar-refractivity contribution in [2.45, 2.75) is 32.6 Å². The summed E-state index contributed by atoms with van der Waals surface area (Å²) in [4.78, 5) is 2.59. The van der Waals surface area contributed by atoms with Gasteiger partial charge in [0.1, 0.15) is 0 Å². The molecule has 1 aliphatic rings. The van der Waals surface area contributed by atoms with E-state index < -0.39 is 0 Å². The number of ether oxygens (including phenoxy) is 1. The molecule has 0 aromatic carbocycles. The van der Waals surface area contributed by atoms with Crippen molar-refractivity contribution in [1.82, 2.24) is 4.90 Å². The lowest BCUT2D eigenvalue weighted by atomic mass is 10.0. The van der Waals surface area contributed by atoms with Crippen LogP contribution in [0.1, 0.15) is 32.6 Å². The molecule has 0 saturated carbocycles. The molecule has 0 aliphatic carbocycles. The Kier molecular flexibility index (Phi) is 5.40. The van der Waals surface area contributed by atoms with E-state index in [4.69, 9.17) is 4.74 Å². The number of hydrogen-bond acceptors (Lipinski definition) is 2. The second kappa shape index (κ2) is 6.39. The van der Waals surface area contributed by atoms with Crippen LogP contribution in [0.2, 0.25) is 0 Å². The molecule has 0 aromatic heterocycles. The quantitative estimate of drug-likeness (QED) is 0.622. The summed E-state index contributed by atoms with van der Waals surface area (Å²) in [5.74, 6) is 0.937. The summed E-state index contributed by atoms with van der Waals surface area (Å²) in [7, 11) is 1.78. The molecule has 0 amide bonds. The Morgan fingerprint density at radius 2 is 2.15 bits per heavy atom. The molecule has 1 heterocycles. The van der Waals surface area contributed by atoms with E-state index in [1.54, 1.807) is 7.11 Å². The van der Waals surface area contributed by atoms with Gasteiger partial charge in [-0.2, -0.15) is 0 Å². The molecule has 78 valence electrons. The van der Waals surface area contributed by atoms with Gasteiger partial charge in [-0.25, -0.2) is 0 Å². The highest BCUT2D eigenvalue weighted by molar-refractivity contribution is 4.67. The average Bonchev–Trinajstić information content (AvgIpc) is 2.32. The van der Waals surface area contributed by atoms with E-state index in [1.807, 2.05) is 0 Å². The Morgan fingerprint density at radius 1 is 1.31 bits per heavy atom. The van der Waals surface area contributed by atoms with Crippen LogP contribution >= 0.6 is 0 Å². The van der Waals surface area contributed by atoms with Crippen molar-refractivity contribution in [1.29, 1.82) is 0 Å². The van der Waals surface area contributed by atoms with E-state index in [1.165, 1.54) is 45.3 Å². The van der Waals surface area contributed by atoms with E-state index in [-0.39, 0.29) is 0 Å². The van der Waals surface area contributed by atoms with Crippen LogP contribution in [0.3, 0.4) is 0 Å². The number of nitrogens with zero attached hydrogens (tertiary/aromatic N) is 1. The first kappa shape index (κ1) is 11.0. The fourth-order valence-electron chi connectivity index (χ4n) is 1.98. The second-order valence-corrected chi connectivity index (χ2v) is 4.22. The Balaban J connectivity index is 2.11. The molecule has 2 nitrogen and oxygen atoms in total. The molecule has 0 N–H and O–H groups in total. The van der Waals surface area contributed by atoms with Gasteiger partial charge in [0.05, 0.1) is 0 Å². The van der Waals surface area contributed by atoms with Crippen molar-refractivity contribution in [2.24, 2.45) is 5.92 Å². The van der Waals surface area contributed by atoms with Crippen LogP contribution in [-0.4, -0.2) is 38.3 Å². The lowest BCUT2D eigenvalue weighted by Gasteiger charge is -2.19. The lowest BCUT2D eigenvalue weighted by Crippen LogP contribution is -2.26. The maximum Gasteiger partial charge on any atom is 0.0474 e. The maximum atomic E-state index is 5.06. The number of methoxy groups -OCH3 is 1. The second-order valence-electron chi connectivity index (χ2n) is 4.22. The number of likely N-dealkylation sites (tertiary alicyclic amines) is 1. The average molecular weight is 185 g/mol. The monoisotopic (exact) mass is 185 g/mol. The van der Waals surface area contributed by atoms with Gasteiger partial charge in [0.25, 0.3) is 0 Å². The van der Waals surface area contributed by atoms with Crippen LogP contribution in [0.4, 0.5) is 0 Å². The van der Waals surface area contributed by atoms with Crippen LogP contribution < -0.4 is 0 Å². The minimum atomic E-state index is 0.909. The van der Waals surface area contributed by atoms with Gasteiger partial charge < -0.3 is 9.64 Å². The Bertz CT molecular complexity index is 127. The van der Waals surface area contributed by atoms with E-state index in [0.717, 1.165) is 12.5 Å². The zero-order valence-corrected chi connectivity index (χ0v) is 9.09. The molecule has 0 spiro atoms. The first-order valence-corrected chi connectivity index (χ1v) is 5.54. The lowest BCUT2D eigenvalue weighted by molar-refractivity contribution is 0.172. The fourth-order valence-corrected chi connectivity index (χ4v) is 1.98.